The molecule has 2 aromatic rings. The Morgan fingerprint density at radius 2 is 1.72 bits per heavy atom. The van der Waals surface area contributed by atoms with E-state index < -0.39 is 28.9 Å². The highest BCUT2D eigenvalue weighted by atomic mass is 19.2. The number of amides is 1. The number of nitrogens with one attached hydrogen (secondary N) is 1. The molecule has 1 saturated carbocycles. The maximum absolute atomic E-state index is 13.7. The van der Waals surface area contributed by atoms with Crippen LogP contribution in [0, 0.1) is 17.5 Å². The molecule has 8 heteroatoms. The van der Waals surface area contributed by atoms with Crippen LogP contribution in [-0.4, -0.2) is 28.0 Å². The van der Waals surface area contributed by atoms with Crippen LogP contribution in [0.5, 0.6) is 6.01 Å². The van der Waals surface area contributed by atoms with Gasteiger partial charge in [0.1, 0.15) is 6.10 Å². The van der Waals surface area contributed by atoms with E-state index in [1.54, 1.807) is 18.5 Å². The number of carbonyl (C=O) groups is 1. The fourth-order valence-electron chi connectivity index (χ4n) is 2.78. The van der Waals surface area contributed by atoms with Crippen molar-refractivity contribution in [1.82, 2.24) is 15.3 Å². The number of hydrogen-bond acceptors (Lipinski definition) is 4. The summed E-state index contributed by atoms with van der Waals surface area (Å²) < 4.78 is 45.5. The lowest BCUT2D eigenvalue weighted by Crippen LogP contribution is -2.40. The summed E-state index contributed by atoms with van der Waals surface area (Å²) in [5.41, 5.74) is -0.505. The summed E-state index contributed by atoms with van der Waals surface area (Å²) in [7, 11) is 0. The Kier molecular flexibility index (Phi) is 5.16. The van der Waals surface area contributed by atoms with Gasteiger partial charge in [-0.25, -0.2) is 23.1 Å². The molecular formula is C17H16F3N3O2. The highest BCUT2D eigenvalue weighted by Gasteiger charge is 2.26. The van der Waals surface area contributed by atoms with Crippen LogP contribution in [0.15, 0.2) is 30.6 Å². The molecule has 0 radical (unpaired) electrons. The van der Waals surface area contributed by atoms with E-state index in [1.165, 1.54) is 0 Å². The highest BCUT2D eigenvalue weighted by Crippen LogP contribution is 2.23. The van der Waals surface area contributed by atoms with Gasteiger partial charge in [-0.05, 0) is 43.9 Å². The second-order valence-corrected chi connectivity index (χ2v) is 5.82. The van der Waals surface area contributed by atoms with Crippen molar-refractivity contribution in [2.45, 2.75) is 37.8 Å². The lowest BCUT2D eigenvalue weighted by atomic mass is 9.92. The Balaban J connectivity index is 1.54. The van der Waals surface area contributed by atoms with E-state index in [1.807, 2.05) is 0 Å². The summed E-state index contributed by atoms with van der Waals surface area (Å²) in [5, 5.41) is 2.65. The number of halogens is 3. The van der Waals surface area contributed by atoms with Gasteiger partial charge in [-0.3, -0.25) is 4.79 Å². The van der Waals surface area contributed by atoms with Gasteiger partial charge in [0.05, 0.1) is 5.56 Å². The molecule has 3 rings (SSSR count). The average molecular weight is 351 g/mol. The van der Waals surface area contributed by atoms with Crippen molar-refractivity contribution < 1.29 is 22.7 Å². The molecule has 1 N–H and O–H groups in total. The fraction of sp³-hybridized carbons (Fsp3) is 0.353. The summed E-state index contributed by atoms with van der Waals surface area (Å²) in [6, 6.07) is 3.48. The van der Waals surface area contributed by atoms with E-state index in [9.17, 15) is 18.0 Å². The molecule has 1 heterocycles. The third-order valence-electron chi connectivity index (χ3n) is 4.10. The Morgan fingerprint density at radius 1 is 1.04 bits per heavy atom. The van der Waals surface area contributed by atoms with E-state index in [0.717, 1.165) is 12.1 Å². The number of nitrogens with zero attached hydrogens (tertiary/aromatic N) is 2. The quantitative estimate of drug-likeness (QED) is 0.860. The van der Waals surface area contributed by atoms with Crippen LogP contribution in [0.4, 0.5) is 13.2 Å². The first kappa shape index (κ1) is 17.2. The predicted octanol–water partition coefficient (Wildman–Crippen LogP) is 3.01. The SMILES string of the molecule is O=C(NC1CCC(Oc2ncccn2)CC1)c1ccc(F)c(F)c1F. The van der Waals surface area contributed by atoms with Crippen LogP contribution in [0.25, 0.3) is 0 Å². The summed E-state index contributed by atoms with van der Waals surface area (Å²) >= 11 is 0. The maximum atomic E-state index is 13.7. The minimum absolute atomic E-state index is 0.0597. The monoisotopic (exact) mass is 351 g/mol. The van der Waals surface area contributed by atoms with E-state index in [2.05, 4.69) is 15.3 Å². The first-order valence-corrected chi connectivity index (χ1v) is 7.92. The van der Waals surface area contributed by atoms with E-state index in [0.29, 0.717) is 31.7 Å². The van der Waals surface area contributed by atoms with Crippen LogP contribution < -0.4 is 10.1 Å². The van der Waals surface area contributed by atoms with Crippen LogP contribution >= 0.6 is 0 Å². The standard InChI is InChI=1S/C17H16F3N3O2/c18-13-7-6-12(14(19)15(13)20)16(24)23-10-2-4-11(5-3-10)25-17-21-8-1-9-22-17/h1,6-11H,2-5H2,(H,23,24). The van der Waals surface area contributed by atoms with Crippen LogP contribution in [0.1, 0.15) is 36.0 Å². The van der Waals surface area contributed by atoms with Gasteiger partial charge < -0.3 is 10.1 Å². The Labute approximate surface area is 142 Å². The van der Waals surface area contributed by atoms with Crippen molar-refractivity contribution in [3.63, 3.8) is 0 Å². The third-order valence-corrected chi connectivity index (χ3v) is 4.10. The van der Waals surface area contributed by atoms with Gasteiger partial charge in [-0.15, -0.1) is 0 Å². The van der Waals surface area contributed by atoms with Crippen LogP contribution in [-0.2, 0) is 0 Å². The Morgan fingerprint density at radius 3 is 2.40 bits per heavy atom. The zero-order valence-electron chi connectivity index (χ0n) is 13.2. The van der Waals surface area contributed by atoms with Gasteiger partial charge in [-0.1, -0.05) is 0 Å². The van der Waals surface area contributed by atoms with Gasteiger partial charge >= 0.3 is 6.01 Å². The lowest BCUT2D eigenvalue weighted by molar-refractivity contribution is 0.0880. The zero-order valence-corrected chi connectivity index (χ0v) is 13.2. The molecule has 25 heavy (non-hydrogen) atoms. The molecule has 5 nitrogen and oxygen atoms in total. The molecule has 1 aliphatic rings. The summed E-state index contributed by atoms with van der Waals surface area (Å²) in [6.07, 6.45) is 5.70. The normalized spacial score (nSPS) is 20.1. The third kappa shape index (κ3) is 4.07. The van der Waals surface area contributed by atoms with Gasteiger partial charge in [-0.2, -0.15) is 0 Å². The second-order valence-electron chi connectivity index (χ2n) is 5.82. The molecule has 1 aromatic heterocycles. The highest BCUT2D eigenvalue weighted by molar-refractivity contribution is 5.94. The number of hydrogen-bond donors (Lipinski definition) is 1. The van der Waals surface area contributed by atoms with Crippen molar-refractivity contribution >= 4 is 5.91 Å². The van der Waals surface area contributed by atoms with Crippen LogP contribution in [0.3, 0.4) is 0 Å². The Hall–Kier alpha value is -2.64. The molecule has 0 atom stereocenters. The molecule has 0 spiro atoms. The zero-order chi connectivity index (χ0) is 17.8. The number of ether oxygens (including phenoxy) is 1. The molecule has 0 aliphatic heterocycles. The van der Waals surface area contributed by atoms with E-state index in [4.69, 9.17) is 4.74 Å². The molecule has 0 saturated heterocycles. The average Bonchev–Trinajstić information content (AvgIpc) is 2.62. The van der Waals surface area contributed by atoms with Gasteiger partial charge in [0.25, 0.3) is 5.91 Å². The van der Waals surface area contributed by atoms with Crippen LogP contribution in [0.2, 0.25) is 0 Å². The van der Waals surface area contributed by atoms with Crippen molar-refractivity contribution in [1.29, 1.82) is 0 Å². The molecule has 0 bridgehead atoms. The van der Waals surface area contributed by atoms with Gasteiger partial charge in [0.15, 0.2) is 17.5 Å². The molecule has 132 valence electrons. The number of carbonyl (C=O) groups excluding carboxylic acids is 1. The van der Waals surface area contributed by atoms with E-state index in [-0.39, 0.29) is 12.1 Å². The molecule has 1 aliphatic carbocycles. The van der Waals surface area contributed by atoms with E-state index >= 15 is 0 Å². The molecular weight excluding hydrogens is 335 g/mol. The van der Waals surface area contributed by atoms with Crippen molar-refractivity contribution in [3.05, 3.63) is 53.6 Å². The summed E-state index contributed by atoms with van der Waals surface area (Å²) in [6.45, 7) is 0. The molecule has 1 amide bonds. The second kappa shape index (κ2) is 7.50. The smallest absolute Gasteiger partial charge is 0.316 e. The molecule has 1 fully saturated rings. The van der Waals surface area contributed by atoms with Crippen molar-refractivity contribution in [3.8, 4) is 6.01 Å². The minimum atomic E-state index is -1.65. The predicted molar refractivity (Wildman–Crippen MR) is 82.5 cm³/mol. The Bertz CT molecular complexity index is 750. The molecule has 1 aromatic carbocycles. The van der Waals surface area contributed by atoms with Gasteiger partial charge in [0, 0.05) is 18.4 Å². The topological polar surface area (TPSA) is 64.1 Å². The number of rotatable bonds is 4. The summed E-state index contributed by atoms with van der Waals surface area (Å²) in [5.74, 6) is -5.20. The molecule has 0 unspecified atom stereocenters. The maximum Gasteiger partial charge on any atom is 0.316 e. The lowest BCUT2D eigenvalue weighted by Gasteiger charge is -2.28. The minimum Gasteiger partial charge on any atom is -0.460 e. The van der Waals surface area contributed by atoms with Crippen molar-refractivity contribution in [2.75, 3.05) is 0 Å². The summed E-state index contributed by atoms with van der Waals surface area (Å²) in [4.78, 5) is 20.1. The van der Waals surface area contributed by atoms with Crippen molar-refractivity contribution in [2.24, 2.45) is 0 Å². The number of benzene rings is 1. The largest absolute Gasteiger partial charge is 0.460 e. The van der Waals surface area contributed by atoms with Gasteiger partial charge in [0.2, 0.25) is 0 Å². The first-order valence-electron chi connectivity index (χ1n) is 7.92. The fourth-order valence-corrected chi connectivity index (χ4v) is 2.78. The first-order chi connectivity index (χ1) is 12.0. The number of aromatic nitrogens is 2.